The van der Waals surface area contributed by atoms with Gasteiger partial charge in [0, 0.05) is 10.7 Å². The summed E-state index contributed by atoms with van der Waals surface area (Å²) in [6, 6.07) is 7.55. The number of nitrogens with one attached hydrogen (secondary N) is 1. The summed E-state index contributed by atoms with van der Waals surface area (Å²) in [5.74, 6) is -1.20. The fourth-order valence-electron chi connectivity index (χ4n) is 2.08. The maximum Gasteiger partial charge on any atom is 0.331 e. The number of anilines is 1. The van der Waals surface area contributed by atoms with Crippen LogP contribution < -0.4 is 5.32 Å². The molecule has 0 radical (unpaired) electrons. The Morgan fingerprint density at radius 2 is 1.75 bits per heavy atom. The number of amides is 1. The van der Waals surface area contributed by atoms with Crippen molar-refractivity contribution >= 4 is 33.5 Å². The maximum atomic E-state index is 12.6. The second-order valence-electron chi connectivity index (χ2n) is 6.62. The van der Waals surface area contributed by atoms with E-state index in [1.807, 2.05) is 38.1 Å². The molecule has 0 aliphatic heterocycles. The highest BCUT2D eigenvalue weighted by Gasteiger charge is 2.32. The van der Waals surface area contributed by atoms with Gasteiger partial charge in [0.1, 0.15) is 0 Å². The lowest BCUT2D eigenvalue weighted by Crippen LogP contribution is -2.36. The van der Waals surface area contributed by atoms with E-state index >= 15 is 0 Å². The molecule has 2 N–H and O–H groups in total. The highest BCUT2D eigenvalue weighted by molar-refractivity contribution is 9.10. The minimum atomic E-state index is -1.19. The molecule has 24 heavy (non-hydrogen) atoms. The normalized spacial score (nSPS) is 12.0. The van der Waals surface area contributed by atoms with E-state index in [0.29, 0.717) is 5.69 Å². The van der Waals surface area contributed by atoms with Crippen molar-refractivity contribution in [3.8, 4) is 0 Å². The Kier molecular flexibility index (Phi) is 4.85. The molecule has 0 aliphatic rings. The van der Waals surface area contributed by atoms with Gasteiger partial charge in [0.25, 0.3) is 0 Å². The van der Waals surface area contributed by atoms with Crippen LogP contribution in [0, 0.1) is 0 Å². The van der Waals surface area contributed by atoms with Crippen molar-refractivity contribution in [2.24, 2.45) is 0 Å². The smallest absolute Gasteiger partial charge is 0.331 e. The van der Waals surface area contributed by atoms with E-state index in [0.717, 1.165) is 10.0 Å². The Hall–Kier alpha value is -2.15. The predicted octanol–water partition coefficient (Wildman–Crippen LogP) is 3.38. The number of carboxylic acid groups (broad SMARTS) is 1. The fourth-order valence-corrected chi connectivity index (χ4v) is 2.34. The van der Waals surface area contributed by atoms with Gasteiger partial charge in [0.05, 0.1) is 17.3 Å². The largest absolute Gasteiger partial charge is 0.479 e. The molecule has 0 fully saturated rings. The number of aromatic nitrogens is 2. The second-order valence-corrected chi connectivity index (χ2v) is 7.54. The van der Waals surface area contributed by atoms with E-state index in [-0.39, 0.29) is 5.91 Å². The summed E-state index contributed by atoms with van der Waals surface area (Å²) in [5, 5.41) is 16.1. The number of hydrogen-bond donors (Lipinski definition) is 2. The summed E-state index contributed by atoms with van der Waals surface area (Å²) in [7, 11) is 0. The molecule has 0 saturated carbocycles. The third kappa shape index (κ3) is 3.51. The number of nitrogens with zero attached hydrogens (tertiary/aromatic N) is 2. The summed E-state index contributed by atoms with van der Waals surface area (Å²) >= 11 is 3.38. The van der Waals surface area contributed by atoms with Crippen LogP contribution >= 0.6 is 15.9 Å². The number of benzene rings is 1. The van der Waals surface area contributed by atoms with E-state index in [9.17, 15) is 14.7 Å². The third-order valence-corrected chi connectivity index (χ3v) is 4.60. The molecule has 0 aliphatic carbocycles. The maximum absolute atomic E-state index is 12.6. The number of rotatable bonds is 5. The van der Waals surface area contributed by atoms with Crippen LogP contribution in [0.1, 0.15) is 33.3 Å². The van der Waals surface area contributed by atoms with Crippen LogP contribution in [0.3, 0.4) is 0 Å². The molecule has 6 nitrogen and oxygen atoms in total. The number of carbonyl (C=O) groups is 2. The highest BCUT2D eigenvalue weighted by atomic mass is 79.9. The molecule has 0 atom stereocenters. The van der Waals surface area contributed by atoms with Crippen molar-refractivity contribution in [1.82, 2.24) is 9.78 Å². The van der Waals surface area contributed by atoms with Gasteiger partial charge < -0.3 is 10.4 Å². The average molecular weight is 394 g/mol. The molecule has 128 valence electrons. The SMILES string of the molecule is CC(C)(C(=O)Nc1cnn(C(C)(C)C(=O)O)c1)c1ccc(Br)cc1. The first-order chi connectivity index (χ1) is 11.0. The Bertz CT molecular complexity index is 764. The molecular weight excluding hydrogens is 374 g/mol. The van der Waals surface area contributed by atoms with Gasteiger partial charge in [-0.1, -0.05) is 28.1 Å². The van der Waals surface area contributed by atoms with Gasteiger partial charge in [-0.25, -0.2) is 4.79 Å². The molecule has 0 saturated heterocycles. The van der Waals surface area contributed by atoms with Crippen LogP contribution in [-0.2, 0) is 20.5 Å². The molecule has 0 unspecified atom stereocenters. The zero-order valence-corrected chi connectivity index (χ0v) is 15.6. The van der Waals surface area contributed by atoms with Crippen LogP contribution in [0.25, 0.3) is 0 Å². The molecule has 1 aromatic carbocycles. The Labute approximate surface area is 149 Å². The lowest BCUT2D eigenvalue weighted by atomic mass is 9.84. The first-order valence-electron chi connectivity index (χ1n) is 7.41. The van der Waals surface area contributed by atoms with Crippen LogP contribution in [0.4, 0.5) is 5.69 Å². The third-order valence-electron chi connectivity index (χ3n) is 4.07. The van der Waals surface area contributed by atoms with Gasteiger partial charge >= 0.3 is 5.97 Å². The fraction of sp³-hybridized carbons (Fsp3) is 0.353. The lowest BCUT2D eigenvalue weighted by molar-refractivity contribution is -0.146. The van der Waals surface area contributed by atoms with Crippen molar-refractivity contribution in [3.05, 3.63) is 46.7 Å². The van der Waals surface area contributed by atoms with E-state index in [1.54, 1.807) is 13.8 Å². The van der Waals surface area contributed by atoms with Crippen LogP contribution in [0.2, 0.25) is 0 Å². The van der Waals surface area contributed by atoms with Crippen LogP contribution in [0.15, 0.2) is 41.1 Å². The molecule has 1 heterocycles. The minimum absolute atomic E-state index is 0.197. The highest BCUT2D eigenvalue weighted by Crippen LogP contribution is 2.27. The number of aliphatic carboxylic acids is 1. The van der Waals surface area contributed by atoms with Crippen molar-refractivity contribution in [2.75, 3.05) is 5.32 Å². The quantitative estimate of drug-likeness (QED) is 0.815. The van der Waals surface area contributed by atoms with Crippen molar-refractivity contribution in [3.63, 3.8) is 0 Å². The summed E-state index contributed by atoms with van der Waals surface area (Å²) < 4.78 is 2.26. The molecule has 1 amide bonds. The molecule has 0 spiro atoms. The first kappa shape index (κ1) is 18.2. The van der Waals surface area contributed by atoms with Gasteiger partial charge in [0.2, 0.25) is 5.91 Å². The molecule has 2 aromatic rings. The first-order valence-corrected chi connectivity index (χ1v) is 8.20. The van der Waals surface area contributed by atoms with E-state index in [1.165, 1.54) is 17.1 Å². The molecule has 1 aromatic heterocycles. The van der Waals surface area contributed by atoms with Gasteiger partial charge in [-0.15, -0.1) is 0 Å². The topological polar surface area (TPSA) is 84.2 Å². The van der Waals surface area contributed by atoms with E-state index in [4.69, 9.17) is 0 Å². The number of carboxylic acids is 1. The molecule has 0 bridgehead atoms. The van der Waals surface area contributed by atoms with Gasteiger partial charge in [-0.05, 0) is 45.4 Å². The van der Waals surface area contributed by atoms with Gasteiger partial charge in [0.15, 0.2) is 5.54 Å². The zero-order chi connectivity index (χ0) is 18.1. The van der Waals surface area contributed by atoms with E-state index < -0.39 is 16.9 Å². The summed E-state index contributed by atoms with van der Waals surface area (Å²) in [6.45, 7) is 6.74. The second kappa shape index (κ2) is 6.39. The number of hydrogen-bond acceptors (Lipinski definition) is 3. The molecular formula is C17H20BrN3O3. The molecule has 2 rings (SSSR count). The zero-order valence-electron chi connectivity index (χ0n) is 14.0. The summed E-state index contributed by atoms with van der Waals surface area (Å²) in [4.78, 5) is 23.9. The van der Waals surface area contributed by atoms with E-state index in [2.05, 4.69) is 26.3 Å². The van der Waals surface area contributed by atoms with Crippen molar-refractivity contribution < 1.29 is 14.7 Å². The lowest BCUT2D eigenvalue weighted by Gasteiger charge is -2.24. The van der Waals surface area contributed by atoms with Crippen molar-refractivity contribution in [2.45, 2.75) is 38.6 Å². The Morgan fingerprint density at radius 1 is 1.17 bits per heavy atom. The summed E-state index contributed by atoms with van der Waals surface area (Å²) in [5.41, 5.74) is -0.601. The van der Waals surface area contributed by atoms with Gasteiger partial charge in [-0.3, -0.25) is 9.48 Å². The Morgan fingerprint density at radius 3 is 2.29 bits per heavy atom. The monoisotopic (exact) mass is 393 g/mol. The minimum Gasteiger partial charge on any atom is -0.479 e. The number of halogens is 1. The predicted molar refractivity (Wildman–Crippen MR) is 95.0 cm³/mol. The number of carbonyl (C=O) groups excluding carboxylic acids is 1. The standard InChI is InChI=1S/C17H20BrN3O3/c1-16(2,11-5-7-12(18)8-6-11)14(22)20-13-9-19-21(10-13)17(3,4)15(23)24/h5-10H,1-4H3,(H,20,22)(H,23,24). The summed E-state index contributed by atoms with van der Waals surface area (Å²) in [6.07, 6.45) is 2.96. The van der Waals surface area contributed by atoms with Crippen LogP contribution in [0.5, 0.6) is 0 Å². The Balaban J connectivity index is 2.19. The van der Waals surface area contributed by atoms with Gasteiger partial charge in [-0.2, -0.15) is 5.10 Å². The van der Waals surface area contributed by atoms with Crippen LogP contribution in [-0.4, -0.2) is 26.8 Å². The molecule has 7 heteroatoms. The van der Waals surface area contributed by atoms with Crippen molar-refractivity contribution in [1.29, 1.82) is 0 Å². The average Bonchev–Trinajstić information content (AvgIpc) is 2.96.